The number of halogens is 1. The van der Waals surface area contributed by atoms with Gasteiger partial charge in [0, 0.05) is 23.4 Å². The SMILES string of the molecule is CC(C)CC(NC(=O)c1cc2c(F)cccc2[nH]1)C(=O)N1CC(C=O)CC1C=O. The zero-order chi connectivity index (χ0) is 21.1. The van der Waals surface area contributed by atoms with Crippen LogP contribution in [0.4, 0.5) is 4.39 Å². The van der Waals surface area contributed by atoms with E-state index in [2.05, 4.69) is 10.3 Å². The molecule has 1 fully saturated rings. The van der Waals surface area contributed by atoms with Crippen molar-refractivity contribution in [1.29, 1.82) is 0 Å². The van der Waals surface area contributed by atoms with E-state index >= 15 is 0 Å². The van der Waals surface area contributed by atoms with Gasteiger partial charge < -0.3 is 24.8 Å². The van der Waals surface area contributed by atoms with Crippen molar-refractivity contribution in [2.75, 3.05) is 6.54 Å². The summed E-state index contributed by atoms with van der Waals surface area (Å²) in [5.41, 5.74) is 0.627. The molecule has 29 heavy (non-hydrogen) atoms. The summed E-state index contributed by atoms with van der Waals surface area (Å²) in [6, 6.07) is 4.38. The number of fused-ring (bicyclic) bond motifs is 1. The highest BCUT2D eigenvalue weighted by Gasteiger charge is 2.38. The minimum Gasteiger partial charge on any atom is -0.350 e. The van der Waals surface area contributed by atoms with Gasteiger partial charge in [-0.25, -0.2) is 4.39 Å². The molecule has 3 unspecified atom stereocenters. The number of hydrogen-bond acceptors (Lipinski definition) is 4. The Kier molecular flexibility index (Phi) is 6.10. The number of benzene rings is 1. The molecule has 1 aliphatic heterocycles. The van der Waals surface area contributed by atoms with E-state index in [1.807, 2.05) is 13.8 Å². The Morgan fingerprint density at radius 3 is 2.69 bits per heavy atom. The Bertz CT molecular complexity index is 939. The molecule has 2 heterocycles. The number of aldehydes is 2. The Labute approximate surface area is 167 Å². The molecule has 154 valence electrons. The number of aromatic nitrogens is 1. The van der Waals surface area contributed by atoms with Crippen LogP contribution in [0.15, 0.2) is 24.3 Å². The maximum absolute atomic E-state index is 13.9. The second-order valence-corrected chi connectivity index (χ2v) is 7.87. The van der Waals surface area contributed by atoms with Gasteiger partial charge in [-0.3, -0.25) is 9.59 Å². The van der Waals surface area contributed by atoms with Gasteiger partial charge >= 0.3 is 0 Å². The molecule has 2 N–H and O–H groups in total. The van der Waals surface area contributed by atoms with E-state index in [0.717, 1.165) is 6.29 Å². The number of amides is 2. The van der Waals surface area contributed by atoms with Crippen LogP contribution in [0.2, 0.25) is 0 Å². The van der Waals surface area contributed by atoms with Crippen LogP contribution in [-0.4, -0.2) is 52.9 Å². The molecule has 0 saturated carbocycles. The highest BCUT2D eigenvalue weighted by Crippen LogP contribution is 2.23. The molecule has 7 nitrogen and oxygen atoms in total. The number of rotatable bonds is 7. The molecule has 0 aliphatic carbocycles. The van der Waals surface area contributed by atoms with E-state index < -0.39 is 29.7 Å². The topological polar surface area (TPSA) is 99.3 Å². The van der Waals surface area contributed by atoms with Crippen molar-refractivity contribution in [3.63, 3.8) is 0 Å². The molecule has 0 spiro atoms. The van der Waals surface area contributed by atoms with Crippen LogP contribution in [0.25, 0.3) is 10.9 Å². The molecule has 1 aromatic carbocycles. The van der Waals surface area contributed by atoms with Gasteiger partial charge in [-0.2, -0.15) is 0 Å². The highest BCUT2D eigenvalue weighted by molar-refractivity contribution is 6.00. The number of carbonyl (C=O) groups is 4. The molecule has 0 radical (unpaired) electrons. The van der Waals surface area contributed by atoms with E-state index in [4.69, 9.17) is 0 Å². The monoisotopic (exact) mass is 401 g/mol. The van der Waals surface area contributed by atoms with E-state index in [-0.39, 0.29) is 24.1 Å². The first-order valence-corrected chi connectivity index (χ1v) is 9.63. The summed E-state index contributed by atoms with van der Waals surface area (Å²) in [5.74, 6) is -1.66. The predicted octanol–water partition coefficient (Wildman–Crippen LogP) is 2.07. The lowest BCUT2D eigenvalue weighted by Crippen LogP contribution is -2.51. The van der Waals surface area contributed by atoms with E-state index in [1.165, 1.54) is 23.1 Å². The van der Waals surface area contributed by atoms with Gasteiger partial charge in [0.2, 0.25) is 5.91 Å². The summed E-state index contributed by atoms with van der Waals surface area (Å²) in [5, 5.41) is 3.00. The van der Waals surface area contributed by atoms with Crippen molar-refractivity contribution < 1.29 is 23.6 Å². The lowest BCUT2D eigenvalue weighted by atomic mass is 10.0. The van der Waals surface area contributed by atoms with Crippen LogP contribution in [0.3, 0.4) is 0 Å². The largest absolute Gasteiger partial charge is 0.350 e. The van der Waals surface area contributed by atoms with E-state index in [0.29, 0.717) is 30.0 Å². The van der Waals surface area contributed by atoms with Crippen LogP contribution in [0, 0.1) is 17.7 Å². The molecule has 1 aromatic heterocycles. The van der Waals surface area contributed by atoms with Crippen LogP contribution in [-0.2, 0) is 14.4 Å². The van der Waals surface area contributed by atoms with Crippen LogP contribution in [0.5, 0.6) is 0 Å². The Morgan fingerprint density at radius 1 is 1.31 bits per heavy atom. The predicted molar refractivity (Wildman–Crippen MR) is 105 cm³/mol. The van der Waals surface area contributed by atoms with Crippen LogP contribution >= 0.6 is 0 Å². The first-order chi connectivity index (χ1) is 13.8. The summed E-state index contributed by atoms with van der Waals surface area (Å²) in [6.07, 6.45) is 2.07. The molecule has 1 saturated heterocycles. The Balaban J connectivity index is 1.81. The minimum atomic E-state index is -0.855. The number of nitrogens with zero attached hydrogens (tertiary/aromatic N) is 1. The first kappa shape index (κ1) is 20.7. The van der Waals surface area contributed by atoms with Gasteiger partial charge in [0.05, 0.1) is 6.04 Å². The molecule has 1 aliphatic rings. The zero-order valence-electron chi connectivity index (χ0n) is 16.4. The standard InChI is InChI=1S/C21H24FN3O4/c1-12(2)6-19(21(29)25-9-13(10-26)7-14(25)11-27)24-20(28)18-8-15-16(22)4-3-5-17(15)23-18/h3-5,8,10-14,19,23H,6-7,9H2,1-2H3,(H,24,28). The third kappa shape index (κ3) is 4.36. The van der Waals surface area contributed by atoms with Gasteiger partial charge in [0.25, 0.3) is 5.91 Å². The number of carbonyl (C=O) groups excluding carboxylic acids is 4. The normalized spacial score (nSPS) is 20.1. The van der Waals surface area contributed by atoms with Crippen molar-refractivity contribution in [3.8, 4) is 0 Å². The summed E-state index contributed by atoms with van der Waals surface area (Å²) in [4.78, 5) is 52.5. The van der Waals surface area contributed by atoms with Gasteiger partial charge in [-0.1, -0.05) is 19.9 Å². The molecular weight excluding hydrogens is 377 g/mol. The summed E-state index contributed by atoms with van der Waals surface area (Å²) >= 11 is 0. The third-order valence-corrected chi connectivity index (χ3v) is 5.17. The zero-order valence-corrected chi connectivity index (χ0v) is 16.4. The first-order valence-electron chi connectivity index (χ1n) is 9.63. The van der Waals surface area contributed by atoms with E-state index in [1.54, 1.807) is 6.07 Å². The number of likely N-dealkylation sites (tertiary alicyclic amines) is 1. The van der Waals surface area contributed by atoms with Gasteiger partial charge in [-0.05, 0) is 37.0 Å². The second-order valence-electron chi connectivity index (χ2n) is 7.87. The molecule has 3 rings (SSSR count). The smallest absolute Gasteiger partial charge is 0.268 e. The Morgan fingerprint density at radius 2 is 2.07 bits per heavy atom. The van der Waals surface area contributed by atoms with Crippen molar-refractivity contribution in [3.05, 3.63) is 35.8 Å². The summed E-state index contributed by atoms with van der Waals surface area (Å²) in [6.45, 7) is 3.99. The fourth-order valence-corrected chi connectivity index (χ4v) is 3.75. The lowest BCUT2D eigenvalue weighted by Gasteiger charge is -2.27. The number of H-pyrrole nitrogens is 1. The van der Waals surface area contributed by atoms with Crippen LogP contribution < -0.4 is 5.32 Å². The molecular formula is C21H24FN3O4. The van der Waals surface area contributed by atoms with Crippen molar-refractivity contribution >= 4 is 35.3 Å². The van der Waals surface area contributed by atoms with Gasteiger partial charge in [-0.15, -0.1) is 0 Å². The average molecular weight is 401 g/mol. The maximum Gasteiger partial charge on any atom is 0.268 e. The second kappa shape index (κ2) is 8.55. The molecule has 2 amide bonds. The highest BCUT2D eigenvalue weighted by atomic mass is 19.1. The molecule has 8 heteroatoms. The quantitative estimate of drug-likeness (QED) is 0.694. The van der Waals surface area contributed by atoms with Gasteiger partial charge in [0.1, 0.15) is 30.1 Å². The fraction of sp³-hybridized carbons (Fsp3) is 0.429. The average Bonchev–Trinajstić information content (AvgIpc) is 3.31. The van der Waals surface area contributed by atoms with E-state index in [9.17, 15) is 23.6 Å². The molecule has 2 aromatic rings. The fourth-order valence-electron chi connectivity index (χ4n) is 3.75. The minimum absolute atomic E-state index is 0.101. The summed E-state index contributed by atoms with van der Waals surface area (Å²) in [7, 11) is 0. The number of nitrogens with one attached hydrogen (secondary N) is 2. The lowest BCUT2D eigenvalue weighted by molar-refractivity contribution is -0.136. The number of aromatic amines is 1. The van der Waals surface area contributed by atoms with Crippen molar-refractivity contribution in [1.82, 2.24) is 15.2 Å². The van der Waals surface area contributed by atoms with Gasteiger partial charge in [0.15, 0.2) is 0 Å². The molecule has 3 atom stereocenters. The Hall–Kier alpha value is -3.03. The summed E-state index contributed by atoms with van der Waals surface area (Å²) < 4.78 is 13.9. The maximum atomic E-state index is 13.9. The van der Waals surface area contributed by atoms with Crippen molar-refractivity contribution in [2.45, 2.75) is 38.8 Å². The molecule has 0 bridgehead atoms. The third-order valence-electron chi connectivity index (χ3n) is 5.17. The van der Waals surface area contributed by atoms with Crippen molar-refractivity contribution in [2.24, 2.45) is 11.8 Å². The van der Waals surface area contributed by atoms with Crippen LogP contribution in [0.1, 0.15) is 37.2 Å². The number of hydrogen-bond donors (Lipinski definition) is 2.